The smallest absolute Gasteiger partial charge is 0.270 e. The van der Waals surface area contributed by atoms with Gasteiger partial charge in [-0.3, -0.25) is 4.79 Å². The van der Waals surface area contributed by atoms with Crippen LogP contribution >= 0.6 is 0 Å². The van der Waals surface area contributed by atoms with E-state index in [2.05, 4.69) is 27.0 Å². The number of carbonyl (C=O) groups excluding carboxylic acids is 1. The summed E-state index contributed by atoms with van der Waals surface area (Å²) in [7, 11) is 0. The van der Waals surface area contributed by atoms with Crippen LogP contribution < -0.4 is 10.2 Å². The van der Waals surface area contributed by atoms with Gasteiger partial charge in [0.15, 0.2) is 5.82 Å². The molecule has 7 nitrogen and oxygen atoms in total. The van der Waals surface area contributed by atoms with Gasteiger partial charge in [-0.25, -0.2) is 9.97 Å². The quantitative estimate of drug-likeness (QED) is 0.809. The standard InChI is InChI=1S/C22H29N5O2/c1-2-26-10-12-27(13-11-26)20-15-19(22(28)23-16-18-9-6-14-29-18)24-21(25-20)17-7-4-3-5-8-17/h3-5,7-8,15,18H,2,6,9-14,16H2,1H3,(H,23,28). The second-order valence-corrected chi connectivity index (χ2v) is 7.57. The predicted octanol–water partition coefficient (Wildman–Crippen LogP) is 2.19. The molecule has 4 rings (SSSR count). The van der Waals surface area contributed by atoms with Crippen LogP contribution in [0.15, 0.2) is 36.4 Å². The van der Waals surface area contributed by atoms with E-state index in [1.165, 1.54) is 0 Å². The third-order valence-electron chi connectivity index (χ3n) is 5.64. The number of ether oxygens (including phenoxy) is 1. The average molecular weight is 396 g/mol. The third-order valence-corrected chi connectivity index (χ3v) is 5.64. The van der Waals surface area contributed by atoms with Crippen LogP contribution in [0.5, 0.6) is 0 Å². The number of nitrogens with one attached hydrogen (secondary N) is 1. The highest BCUT2D eigenvalue weighted by atomic mass is 16.5. The van der Waals surface area contributed by atoms with Gasteiger partial charge in [0.25, 0.3) is 5.91 Å². The lowest BCUT2D eigenvalue weighted by atomic mass is 10.2. The van der Waals surface area contributed by atoms with Gasteiger partial charge in [-0.2, -0.15) is 0 Å². The minimum atomic E-state index is -0.173. The van der Waals surface area contributed by atoms with Crippen LogP contribution in [-0.4, -0.2) is 72.8 Å². The molecule has 29 heavy (non-hydrogen) atoms. The van der Waals surface area contributed by atoms with Crippen molar-refractivity contribution >= 4 is 11.7 Å². The highest BCUT2D eigenvalue weighted by Gasteiger charge is 2.22. The van der Waals surface area contributed by atoms with Crippen molar-refractivity contribution in [3.8, 4) is 11.4 Å². The lowest BCUT2D eigenvalue weighted by Gasteiger charge is -2.35. The third kappa shape index (κ3) is 4.92. The van der Waals surface area contributed by atoms with Crippen molar-refractivity contribution in [2.45, 2.75) is 25.9 Å². The number of carbonyl (C=O) groups is 1. The molecule has 3 heterocycles. The van der Waals surface area contributed by atoms with Crippen molar-refractivity contribution in [2.24, 2.45) is 0 Å². The summed E-state index contributed by atoms with van der Waals surface area (Å²) in [4.78, 5) is 26.9. The number of piperazine rings is 1. The minimum absolute atomic E-state index is 0.107. The Morgan fingerprint density at radius 3 is 2.66 bits per heavy atom. The second-order valence-electron chi connectivity index (χ2n) is 7.57. The summed E-state index contributed by atoms with van der Waals surface area (Å²) in [5, 5.41) is 2.98. The first kappa shape index (κ1) is 19.8. The van der Waals surface area contributed by atoms with E-state index in [0.29, 0.717) is 18.1 Å². The van der Waals surface area contributed by atoms with Gasteiger partial charge >= 0.3 is 0 Å². The molecule has 0 radical (unpaired) electrons. The van der Waals surface area contributed by atoms with Crippen molar-refractivity contribution in [2.75, 3.05) is 50.8 Å². The summed E-state index contributed by atoms with van der Waals surface area (Å²) in [6.45, 7) is 8.35. The van der Waals surface area contributed by atoms with E-state index in [-0.39, 0.29) is 12.0 Å². The van der Waals surface area contributed by atoms with E-state index < -0.39 is 0 Å². The Morgan fingerprint density at radius 2 is 1.97 bits per heavy atom. The van der Waals surface area contributed by atoms with Crippen LogP contribution in [-0.2, 0) is 4.74 Å². The highest BCUT2D eigenvalue weighted by Crippen LogP contribution is 2.21. The first-order valence-electron chi connectivity index (χ1n) is 10.5. The summed E-state index contributed by atoms with van der Waals surface area (Å²) in [6.07, 6.45) is 2.16. The summed E-state index contributed by atoms with van der Waals surface area (Å²) < 4.78 is 5.61. The molecule has 0 aliphatic carbocycles. The van der Waals surface area contributed by atoms with Gasteiger partial charge in [-0.1, -0.05) is 37.3 Å². The molecule has 2 aliphatic heterocycles. The van der Waals surface area contributed by atoms with Crippen molar-refractivity contribution in [3.05, 3.63) is 42.1 Å². The lowest BCUT2D eigenvalue weighted by Crippen LogP contribution is -2.46. The van der Waals surface area contributed by atoms with Crippen LogP contribution in [0.2, 0.25) is 0 Å². The molecule has 0 bridgehead atoms. The molecule has 1 amide bonds. The predicted molar refractivity (Wildman–Crippen MR) is 113 cm³/mol. The van der Waals surface area contributed by atoms with Crippen LogP contribution in [0.4, 0.5) is 5.82 Å². The Balaban J connectivity index is 1.57. The van der Waals surface area contributed by atoms with Gasteiger partial charge in [0.1, 0.15) is 11.5 Å². The van der Waals surface area contributed by atoms with Crippen molar-refractivity contribution in [3.63, 3.8) is 0 Å². The molecular formula is C22H29N5O2. The summed E-state index contributed by atoms with van der Waals surface area (Å²) in [5.41, 5.74) is 1.32. The summed E-state index contributed by atoms with van der Waals surface area (Å²) in [6, 6.07) is 11.7. The van der Waals surface area contributed by atoms with Crippen LogP contribution in [0.25, 0.3) is 11.4 Å². The second kappa shape index (κ2) is 9.33. The van der Waals surface area contributed by atoms with E-state index >= 15 is 0 Å². The molecule has 0 spiro atoms. The molecule has 154 valence electrons. The number of hydrogen-bond acceptors (Lipinski definition) is 6. The SMILES string of the molecule is CCN1CCN(c2cc(C(=O)NCC3CCCO3)nc(-c3ccccc3)n2)CC1. The maximum absolute atomic E-state index is 12.8. The molecule has 7 heteroatoms. The maximum atomic E-state index is 12.8. The maximum Gasteiger partial charge on any atom is 0.270 e. The van der Waals surface area contributed by atoms with Crippen molar-refractivity contribution in [1.29, 1.82) is 0 Å². The molecule has 2 aliphatic rings. The molecule has 2 aromatic rings. The Labute approximate surface area is 172 Å². The molecule has 1 aromatic carbocycles. The molecular weight excluding hydrogens is 366 g/mol. The molecule has 2 saturated heterocycles. The average Bonchev–Trinajstić information content (AvgIpc) is 3.31. The van der Waals surface area contributed by atoms with Crippen molar-refractivity contribution < 1.29 is 9.53 Å². The fourth-order valence-electron chi connectivity index (χ4n) is 3.82. The van der Waals surface area contributed by atoms with Crippen LogP contribution in [0.1, 0.15) is 30.3 Å². The van der Waals surface area contributed by atoms with Gasteiger partial charge in [0.05, 0.1) is 6.10 Å². The molecule has 1 unspecified atom stereocenters. The van der Waals surface area contributed by atoms with Gasteiger partial charge in [-0.05, 0) is 19.4 Å². The zero-order valence-electron chi connectivity index (χ0n) is 17.0. The van der Waals surface area contributed by atoms with E-state index in [1.807, 2.05) is 36.4 Å². The Kier molecular flexibility index (Phi) is 6.36. The van der Waals surface area contributed by atoms with E-state index in [4.69, 9.17) is 9.72 Å². The van der Waals surface area contributed by atoms with E-state index in [9.17, 15) is 4.79 Å². The number of anilines is 1. The highest BCUT2D eigenvalue weighted by molar-refractivity contribution is 5.93. The van der Waals surface area contributed by atoms with Gasteiger partial charge in [0, 0.05) is 51.0 Å². The zero-order valence-corrected chi connectivity index (χ0v) is 17.0. The minimum Gasteiger partial charge on any atom is -0.376 e. The number of nitrogens with zero attached hydrogens (tertiary/aromatic N) is 4. The normalized spacial score (nSPS) is 20.0. The fourth-order valence-corrected chi connectivity index (χ4v) is 3.82. The molecule has 2 fully saturated rings. The van der Waals surface area contributed by atoms with Crippen LogP contribution in [0.3, 0.4) is 0 Å². The number of hydrogen-bond donors (Lipinski definition) is 1. The first-order valence-corrected chi connectivity index (χ1v) is 10.5. The molecule has 1 atom stereocenters. The molecule has 0 saturated carbocycles. The lowest BCUT2D eigenvalue weighted by molar-refractivity contribution is 0.0853. The van der Waals surface area contributed by atoms with E-state index in [0.717, 1.165) is 63.6 Å². The largest absolute Gasteiger partial charge is 0.376 e. The fraction of sp³-hybridized carbons (Fsp3) is 0.500. The number of aromatic nitrogens is 2. The number of benzene rings is 1. The Morgan fingerprint density at radius 1 is 1.17 bits per heavy atom. The summed E-state index contributed by atoms with van der Waals surface area (Å²) >= 11 is 0. The molecule has 1 N–H and O–H groups in total. The number of likely N-dealkylation sites (N-methyl/N-ethyl adjacent to an activating group) is 1. The topological polar surface area (TPSA) is 70.6 Å². The number of rotatable bonds is 6. The monoisotopic (exact) mass is 395 g/mol. The van der Waals surface area contributed by atoms with Crippen molar-refractivity contribution in [1.82, 2.24) is 20.2 Å². The zero-order chi connectivity index (χ0) is 20.1. The molecule has 1 aromatic heterocycles. The Bertz CT molecular complexity index is 815. The van der Waals surface area contributed by atoms with Crippen LogP contribution in [0, 0.1) is 0 Å². The Hall–Kier alpha value is -2.51. The summed E-state index contributed by atoms with van der Waals surface area (Å²) in [5.74, 6) is 1.23. The number of amides is 1. The van der Waals surface area contributed by atoms with Gasteiger partial charge in [-0.15, -0.1) is 0 Å². The van der Waals surface area contributed by atoms with E-state index in [1.54, 1.807) is 0 Å². The van der Waals surface area contributed by atoms with Gasteiger partial charge < -0.3 is 19.9 Å². The van der Waals surface area contributed by atoms with Gasteiger partial charge in [0.2, 0.25) is 0 Å². The first-order chi connectivity index (χ1) is 14.2.